The van der Waals surface area contributed by atoms with Crippen LogP contribution in [0, 0.1) is 0 Å². The van der Waals surface area contributed by atoms with Crippen molar-refractivity contribution in [1.29, 1.82) is 0 Å². The summed E-state index contributed by atoms with van der Waals surface area (Å²) in [7, 11) is 9.70. The summed E-state index contributed by atoms with van der Waals surface area (Å²) in [5, 5.41) is 0. The van der Waals surface area contributed by atoms with Crippen molar-refractivity contribution in [3.8, 4) is 0 Å². The standard InChI is InChI=1S/C6H17NS3Si.CH6OSi/c1-3-7(4-2)5-6-8-9-10-11;1-2-3/h3-6H2,1-2,11H3;1,3H3. The lowest BCUT2D eigenvalue weighted by atomic mass is 10.5. The van der Waals surface area contributed by atoms with Gasteiger partial charge in [-0.15, -0.1) is 10.2 Å². The van der Waals surface area contributed by atoms with Crippen molar-refractivity contribution in [2.45, 2.75) is 13.8 Å². The van der Waals surface area contributed by atoms with Crippen LogP contribution >= 0.6 is 30.9 Å². The van der Waals surface area contributed by atoms with Crippen LogP contribution in [0.4, 0.5) is 0 Å². The summed E-state index contributed by atoms with van der Waals surface area (Å²) in [6, 6.07) is 0. The zero-order valence-electron chi connectivity index (χ0n) is 9.91. The Hall–Kier alpha value is 1.40. The monoisotopic (exact) mass is 289 g/mol. The molecule has 0 N–H and O–H groups in total. The van der Waals surface area contributed by atoms with Crippen LogP contribution in [0.15, 0.2) is 0 Å². The molecule has 0 amide bonds. The highest BCUT2D eigenvalue weighted by molar-refractivity contribution is 9.13. The lowest BCUT2D eigenvalue weighted by molar-refractivity contribution is 0.324. The summed E-state index contributed by atoms with van der Waals surface area (Å²) in [4.78, 5) is 2.46. The molecule has 0 saturated heterocycles. The van der Waals surface area contributed by atoms with E-state index in [1.54, 1.807) is 7.11 Å². The second kappa shape index (κ2) is 16.8. The van der Waals surface area contributed by atoms with Gasteiger partial charge in [-0.3, -0.25) is 0 Å². The largest absolute Gasteiger partial charge is 0.431 e. The fraction of sp³-hybridized carbons (Fsp3) is 1.00. The third-order valence-electron chi connectivity index (χ3n) is 1.50. The van der Waals surface area contributed by atoms with Gasteiger partial charge in [0.05, 0.1) is 9.39 Å². The van der Waals surface area contributed by atoms with E-state index in [0.717, 1.165) is 10.5 Å². The van der Waals surface area contributed by atoms with Crippen molar-refractivity contribution in [3.05, 3.63) is 0 Å². The fourth-order valence-corrected chi connectivity index (χ4v) is 6.08. The van der Waals surface area contributed by atoms with E-state index in [2.05, 4.69) is 23.2 Å². The third kappa shape index (κ3) is 15.9. The highest BCUT2D eigenvalue weighted by Gasteiger charge is 1.97. The summed E-state index contributed by atoms with van der Waals surface area (Å²) in [5.74, 6) is 1.27. The molecule has 0 aliphatic rings. The molecule has 88 valence electrons. The molecule has 0 unspecified atom stereocenters. The Labute approximate surface area is 106 Å². The van der Waals surface area contributed by atoms with Crippen LogP contribution in [0.1, 0.15) is 13.8 Å². The second-order valence-corrected chi connectivity index (χ2v) is 10.8. The van der Waals surface area contributed by atoms with Gasteiger partial charge >= 0.3 is 0 Å². The second-order valence-electron chi connectivity index (χ2n) is 2.49. The molecular formula is C7H23NOS3Si2. The Morgan fingerprint density at radius 1 is 1.29 bits per heavy atom. The van der Waals surface area contributed by atoms with Gasteiger partial charge in [-0.1, -0.05) is 24.6 Å². The van der Waals surface area contributed by atoms with Crippen molar-refractivity contribution >= 4 is 50.7 Å². The number of hydrogen-bond acceptors (Lipinski definition) is 5. The molecule has 0 aliphatic heterocycles. The fourth-order valence-electron chi connectivity index (χ4n) is 0.788. The zero-order chi connectivity index (χ0) is 11.2. The Bertz CT molecular complexity index is 99.0. The lowest BCUT2D eigenvalue weighted by Gasteiger charge is -2.16. The summed E-state index contributed by atoms with van der Waals surface area (Å²) >= 11 is 0. The highest BCUT2D eigenvalue weighted by Crippen LogP contribution is 2.30. The van der Waals surface area contributed by atoms with Gasteiger partial charge in [-0.25, -0.2) is 0 Å². The van der Waals surface area contributed by atoms with Crippen LogP contribution in [0.2, 0.25) is 0 Å². The molecule has 2 nitrogen and oxygen atoms in total. The van der Waals surface area contributed by atoms with Gasteiger partial charge in [0.1, 0.15) is 10.5 Å². The molecule has 0 aromatic heterocycles. The van der Waals surface area contributed by atoms with Crippen molar-refractivity contribution in [2.24, 2.45) is 0 Å². The van der Waals surface area contributed by atoms with Gasteiger partial charge < -0.3 is 9.33 Å². The Morgan fingerprint density at radius 3 is 2.14 bits per heavy atom. The minimum atomic E-state index is 0.869. The molecular weight excluding hydrogens is 266 g/mol. The van der Waals surface area contributed by atoms with E-state index < -0.39 is 0 Å². The Morgan fingerprint density at radius 2 is 1.79 bits per heavy atom. The Kier molecular flexibility index (Phi) is 21.4. The van der Waals surface area contributed by atoms with Gasteiger partial charge in [0.25, 0.3) is 0 Å². The smallest absolute Gasteiger partial charge is 0.145 e. The first-order valence-corrected chi connectivity index (χ1v) is 12.0. The molecule has 14 heavy (non-hydrogen) atoms. The summed E-state index contributed by atoms with van der Waals surface area (Å²) in [6.45, 7) is 8.07. The molecule has 0 aromatic carbocycles. The quantitative estimate of drug-likeness (QED) is 0.384. The average Bonchev–Trinajstić information content (AvgIpc) is 2.20. The molecule has 0 rings (SSSR count). The van der Waals surface area contributed by atoms with Crippen molar-refractivity contribution in [1.82, 2.24) is 4.90 Å². The minimum Gasteiger partial charge on any atom is -0.431 e. The van der Waals surface area contributed by atoms with Gasteiger partial charge in [0.15, 0.2) is 0 Å². The van der Waals surface area contributed by atoms with E-state index >= 15 is 0 Å². The highest BCUT2D eigenvalue weighted by atomic mass is 33.5. The SMILES string of the molecule is CCN(CC)CCSSS[SiH3].CO[SiH3]. The number of nitrogens with zero attached hydrogens (tertiary/aromatic N) is 1. The van der Waals surface area contributed by atoms with Crippen LogP contribution in [0.3, 0.4) is 0 Å². The molecule has 0 fully saturated rings. The summed E-state index contributed by atoms with van der Waals surface area (Å²) in [5.41, 5.74) is 0. The summed E-state index contributed by atoms with van der Waals surface area (Å²) in [6.07, 6.45) is 0. The van der Waals surface area contributed by atoms with Crippen molar-refractivity contribution in [2.75, 3.05) is 32.5 Å². The van der Waals surface area contributed by atoms with E-state index in [1.807, 2.05) is 30.9 Å². The molecule has 0 saturated carbocycles. The average molecular weight is 290 g/mol. The molecule has 0 atom stereocenters. The van der Waals surface area contributed by atoms with Crippen LogP contribution in [-0.2, 0) is 4.43 Å². The van der Waals surface area contributed by atoms with Crippen LogP contribution in [0.5, 0.6) is 0 Å². The minimum absolute atomic E-state index is 0.869. The topological polar surface area (TPSA) is 12.5 Å². The molecule has 7 heteroatoms. The third-order valence-corrected chi connectivity index (χ3v) is 9.04. The van der Waals surface area contributed by atoms with E-state index in [4.69, 9.17) is 0 Å². The molecule has 0 aromatic rings. The maximum atomic E-state index is 4.39. The first-order chi connectivity index (χ1) is 6.76. The van der Waals surface area contributed by atoms with Gasteiger partial charge in [-0.05, 0) is 22.9 Å². The van der Waals surface area contributed by atoms with Crippen LogP contribution in [-0.4, -0.2) is 57.3 Å². The lowest BCUT2D eigenvalue weighted by Crippen LogP contribution is -2.25. The van der Waals surface area contributed by atoms with E-state index in [1.165, 1.54) is 34.8 Å². The zero-order valence-corrected chi connectivity index (χ0v) is 16.4. The molecule has 0 heterocycles. The van der Waals surface area contributed by atoms with Crippen LogP contribution < -0.4 is 0 Å². The Balaban J connectivity index is 0. The summed E-state index contributed by atoms with van der Waals surface area (Å²) < 4.78 is 4.39. The predicted molar refractivity (Wildman–Crippen MR) is 82.3 cm³/mol. The van der Waals surface area contributed by atoms with Gasteiger partial charge in [-0.2, -0.15) is 0 Å². The molecule has 0 spiro atoms. The number of hydrogen-bond donors (Lipinski definition) is 0. The predicted octanol–water partition coefficient (Wildman–Crippen LogP) is 0.551. The first-order valence-electron chi connectivity index (χ1n) is 4.71. The van der Waals surface area contributed by atoms with Gasteiger partial charge in [0.2, 0.25) is 0 Å². The van der Waals surface area contributed by atoms with Crippen molar-refractivity contribution in [3.63, 3.8) is 0 Å². The normalized spacial score (nSPS) is 10.3. The van der Waals surface area contributed by atoms with Gasteiger partial charge in [0, 0.05) is 19.4 Å². The maximum Gasteiger partial charge on any atom is 0.145 e. The molecule has 0 bridgehead atoms. The van der Waals surface area contributed by atoms with E-state index in [-0.39, 0.29) is 0 Å². The first kappa shape index (κ1) is 17.8. The van der Waals surface area contributed by atoms with E-state index in [9.17, 15) is 0 Å². The molecule has 0 radical (unpaired) electrons. The molecule has 0 aliphatic carbocycles. The van der Waals surface area contributed by atoms with E-state index in [0.29, 0.717) is 0 Å². The van der Waals surface area contributed by atoms with Crippen molar-refractivity contribution < 1.29 is 4.43 Å². The number of rotatable bonds is 7. The van der Waals surface area contributed by atoms with Crippen LogP contribution in [0.25, 0.3) is 0 Å². The maximum absolute atomic E-state index is 4.39.